The lowest BCUT2D eigenvalue weighted by Gasteiger charge is -2.30. The topological polar surface area (TPSA) is 126 Å². The fraction of sp³-hybridized carbons (Fsp3) is 0.280. The largest absolute Gasteiger partial charge is 0.326 e. The predicted octanol–water partition coefficient (Wildman–Crippen LogP) is 3.37. The van der Waals surface area contributed by atoms with E-state index < -0.39 is 20.0 Å². The van der Waals surface area contributed by atoms with Crippen LogP contribution >= 0.6 is 0 Å². The number of piperidine rings is 1. The number of nitrogens with one attached hydrogen (secondary N) is 2. The summed E-state index contributed by atoms with van der Waals surface area (Å²) in [7, 11) is -7.25. The first-order valence-corrected chi connectivity index (χ1v) is 14.6. The van der Waals surface area contributed by atoms with Crippen molar-refractivity contribution in [1.29, 1.82) is 0 Å². The van der Waals surface area contributed by atoms with Gasteiger partial charge in [-0.2, -0.15) is 0 Å². The molecule has 1 fully saturated rings. The quantitative estimate of drug-likeness (QED) is 0.462. The molecule has 0 aliphatic carbocycles. The second-order valence-electron chi connectivity index (χ2n) is 8.78. The summed E-state index contributed by atoms with van der Waals surface area (Å²) in [5.74, 6) is -0.601. The third kappa shape index (κ3) is 6.48. The molecule has 0 bridgehead atoms. The normalized spacial score (nSPS) is 15.4. The lowest BCUT2D eigenvalue weighted by Crippen LogP contribution is -2.41. The van der Waals surface area contributed by atoms with Crippen LogP contribution < -0.4 is 10.0 Å². The average molecular weight is 529 g/mol. The first-order chi connectivity index (χ1) is 17.1. The van der Waals surface area contributed by atoms with Gasteiger partial charge in [0.15, 0.2) is 0 Å². The standard InChI is InChI=1S/C25H28N4O5S2/c1-19-4-6-20(7-5-19)18-35(31,32)29-15-12-21(13-16-29)25(30)27-22-8-10-24(11-9-22)36(33,34)28-23-3-2-14-26-17-23/h2-11,14,17,21,28H,12-13,15-16,18H2,1H3,(H,27,30). The summed E-state index contributed by atoms with van der Waals surface area (Å²) < 4.78 is 54.6. The zero-order chi connectivity index (χ0) is 25.8. The van der Waals surface area contributed by atoms with Crippen molar-refractivity contribution in [3.63, 3.8) is 0 Å². The molecule has 0 unspecified atom stereocenters. The molecule has 2 aromatic carbocycles. The molecule has 0 saturated carbocycles. The van der Waals surface area contributed by atoms with E-state index in [0.29, 0.717) is 24.2 Å². The van der Waals surface area contributed by atoms with Gasteiger partial charge >= 0.3 is 0 Å². The Morgan fingerprint density at radius 2 is 1.61 bits per heavy atom. The fourth-order valence-electron chi connectivity index (χ4n) is 3.98. The summed E-state index contributed by atoms with van der Waals surface area (Å²) >= 11 is 0. The number of carbonyl (C=O) groups excluding carboxylic acids is 1. The van der Waals surface area contributed by atoms with Crippen LogP contribution in [0.25, 0.3) is 0 Å². The number of hydrogen-bond donors (Lipinski definition) is 2. The highest BCUT2D eigenvalue weighted by molar-refractivity contribution is 7.92. The van der Waals surface area contributed by atoms with Crippen molar-refractivity contribution in [1.82, 2.24) is 9.29 Å². The van der Waals surface area contributed by atoms with Gasteiger partial charge in [-0.05, 0) is 61.7 Å². The minimum atomic E-state index is -3.79. The van der Waals surface area contributed by atoms with Crippen molar-refractivity contribution >= 4 is 37.3 Å². The van der Waals surface area contributed by atoms with E-state index in [2.05, 4.69) is 15.0 Å². The van der Waals surface area contributed by atoms with Crippen LogP contribution in [0.4, 0.5) is 11.4 Å². The summed E-state index contributed by atoms with van der Waals surface area (Å²) in [6.07, 6.45) is 3.79. The molecule has 1 amide bonds. The van der Waals surface area contributed by atoms with Gasteiger partial charge in [-0.15, -0.1) is 0 Å². The first kappa shape index (κ1) is 25.8. The number of aromatic nitrogens is 1. The molecule has 3 aromatic rings. The maximum absolute atomic E-state index is 12.8. The summed E-state index contributed by atoms with van der Waals surface area (Å²) in [4.78, 5) is 16.7. The highest BCUT2D eigenvalue weighted by Gasteiger charge is 2.31. The Bertz CT molecular complexity index is 1400. The van der Waals surface area contributed by atoms with E-state index in [1.807, 2.05) is 31.2 Å². The van der Waals surface area contributed by atoms with Crippen LogP contribution in [0.2, 0.25) is 0 Å². The van der Waals surface area contributed by atoms with Crippen LogP contribution in [-0.4, -0.2) is 45.1 Å². The zero-order valence-electron chi connectivity index (χ0n) is 19.8. The summed E-state index contributed by atoms with van der Waals surface area (Å²) in [6.45, 7) is 2.51. The second-order valence-corrected chi connectivity index (χ2v) is 12.4. The molecule has 1 aromatic heterocycles. The van der Waals surface area contributed by atoms with Gasteiger partial charge in [0.25, 0.3) is 10.0 Å². The van der Waals surface area contributed by atoms with E-state index >= 15 is 0 Å². The summed E-state index contributed by atoms with van der Waals surface area (Å²) in [5.41, 5.74) is 2.62. The molecule has 1 aliphatic heterocycles. The van der Waals surface area contributed by atoms with Crippen LogP contribution in [0.1, 0.15) is 24.0 Å². The highest BCUT2D eigenvalue weighted by atomic mass is 32.2. The van der Waals surface area contributed by atoms with Crippen LogP contribution in [0.15, 0.2) is 78.0 Å². The minimum absolute atomic E-state index is 0.0523. The van der Waals surface area contributed by atoms with Crippen molar-refractivity contribution in [3.05, 3.63) is 84.2 Å². The SMILES string of the molecule is Cc1ccc(CS(=O)(=O)N2CCC(C(=O)Nc3ccc(S(=O)(=O)Nc4cccnc4)cc3)CC2)cc1. The number of rotatable bonds is 8. The molecule has 2 N–H and O–H groups in total. The lowest BCUT2D eigenvalue weighted by molar-refractivity contribution is -0.120. The molecule has 36 heavy (non-hydrogen) atoms. The van der Waals surface area contributed by atoms with Crippen molar-refractivity contribution in [2.24, 2.45) is 5.92 Å². The molecule has 190 valence electrons. The Morgan fingerprint density at radius 1 is 0.944 bits per heavy atom. The number of anilines is 2. The molecule has 11 heteroatoms. The molecule has 9 nitrogen and oxygen atoms in total. The minimum Gasteiger partial charge on any atom is -0.326 e. The van der Waals surface area contributed by atoms with Crippen molar-refractivity contribution in [3.8, 4) is 0 Å². The van der Waals surface area contributed by atoms with E-state index in [9.17, 15) is 21.6 Å². The van der Waals surface area contributed by atoms with Gasteiger partial charge in [-0.1, -0.05) is 29.8 Å². The van der Waals surface area contributed by atoms with Gasteiger partial charge < -0.3 is 5.32 Å². The van der Waals surface area contributed by atoms with Crippen molar-refractivity contribution in [2.45, 2.75) is 30.4 Å². The Hall–Kier alpha value is -3.28. The van der Waals surface area contributed by atoms with Gasteiger partial charge in [0.1, 0.15) is 0 Å². The Morgan fingerprint density at radius 3 is 2.22 bits per heavy atom. The number of benzene rings is 2. The highest BCUT2D eigenvalue weighted by Crippen LogP contribution is 2.24. The van der Waals surface area contributed by atoms with E-state index in [4.69, 9.17) is 0 Å². The van der Waals surface area contributed by atoms with Gasteiger partial charge in [-0.3, -0.25) is 14.5 Å². The molecule has 0 spiro atoms. The summed E-state index contributed by atoms with van der Waals surface area (Å²) in [6, 6.07) is 16.5. The van der Waals surface area contributed by atoms with E-state index in [0.717, 1.165) is 11.1 Å². The molecular formula is C25H28N4O5S2. The van der Waals surface area contributed by atoms with Crippen molar-refractivity contribution < 1.29 is 21.6 Å². The molecular weight excluding hydrogens is 500 g/mol. The number of aryl methyl sites for hydroxylation is 1. The van der Waals surface area contributed by atoms with Crippen molar-refractivity contribution in [2.75, 3.05) is 23.1 Å². The summed E-state index contributed by atoms with van der Waals surface area (Å²) in [5, 5.41) is 2.81. The number of nitrogens with zero attached hydrogens (tertiary/aromatic N) is 2. The van der Waals surface area contributed by atoms with Gasteiger partial charge in [0.05, 0.1) is 22.5 Å². The van der Waals surface area contributed by atoms with Crippen LogP contribution in [-0.2, 0) is 30.6 Å². The van der Waals surface area contributed by atoms with Crippen LogP contribution in [0, 0.1) is 12.8 Å². The Labute approximate surface area is 211 Å². The molecule has 1 aliphatic rings. The Kier molecular flexibility index (Phi) is 7.72. The maximum atomic E-state index is 12.8. The Balaban J connectivity index is 1.31. The average Bonchev–Trinajstić information content (AvgIpc) is 2.86. The molecule has 0 atom stereocenters. The predicted molar refractivity (Wildman–Crippen MR) is 138 cm³/mol. The first-order valence-electron chi connectivity index (χ1n) is 11.5. The van der Waals surface area contributed by atoms with Crippen LogP contribution in [0.3, 0.4) is 0 Å². The number of pyridine rings is 1. The molecule has 0 radical (unpaired) electrons. The third-order valence-corrected chi connectivity index (χ3v) is 9.28. The van der Waals surface area contributed by atoms with Gasteiger partial charge in [0.2, 0.25) is 15.9 Å². The van der Waals surface area contributed by atoms with Gasteiger partial charge in [0, 0.05) is 30.9 Å². The van der Waals surface area contributed by atoms with Crippen LogP contribution in [0.5, 0.6) is 0 Å². The molecule has 4 rings (SSSR count). The van der Waals surface area contributed by atoms with E-state index in [-0.39, 0.29) is 35.6 Å². The van der Waals surface area contributed by atoms with E-state index in [1.54, 1.807) is 18.3 Å². The maximum Gasteiger partial charge on any atom is 0.261 e. The lowest BCUT2D eigenvalue weighted by atomic mass is 9.97. The molecule has 2 heterocycles. The van der Waals surface area contributed by atoms with Gasteiger partial charge in [-0.25, -0.2) is 21.1 Å². The second kappa shape index (κ2) is 10.8. The monoisotopic (exact) mass is 528 g/mol. The molecule has 1 saturated heterocycles. The number of sulfonamides is 2. The number of carbonyl (C=O) groups is 1. The third-order valence-electron chi connectivity index (χ3n) is 6.03. The zero-order valence-corrected chi connectivity index (χ0v) is 21.4. The number of hydrogen-bond acceptors (Lipinski definition) is 6. The van der Waals surface area contributed by atoms with E-state index in [1.165, 1.54) is 34.8 Å². The fourth-order valence-corrected chi connectivity index (χ4v) is 6.59. The number of amides is 1. The smallest absolute Gasteiger partial charge is 0.261 e.